The number of hydrogen-bond donors (Lipinski definition) is 1. The van der Waals surface area contributed by atoms with Crippen LogP contribution in [0.2, 0.25) is 0 Å². The Bertz CT molecular complexity index is 495. The summed E-state index contributed by atoms with van der Waals surface area (Å²) in [6.45, 7) is 8.89. The lowest BCUT2D eigenvalue weighted by Gasteiger charge is -2.35. The van der Waals surface area contributed by atoms with E-state index in [1.807, 2.05) is 18.9 Å². The number of amides is 1. The van der Waals surface area contributed by atoms with Gasteiger partial charge in [0.05, 0.1) is 0 Å². The zero-order valence-electron chi connectivity index (χ0n) is 12.7. The van der Waals surface area contributed by atoms with E-state index in [-0.39, 0.29) is 5.91 Å². The van der Waals surface area contributed by atoms with E-state index in [2.05, 4.69) is 27.1 Å². The number of hydrogen-bond acceptors (Lipinski definition) is 5. The third-order valence-corrected chi connectivity index (χ3v) is 3.74. The van der Waals surface area contributed by atoms with Gasteiger partial charge in [-0.1, -0.05) is 6.92 Å². The minimum Gasteiger partial charge on any atom is -0.373 e. The Morgan fingerprint density at radius 3 is 2.40 bits per heavy atom. The highest BCUT2D eigenvalue weighted by molar-refractivity contribution is 5.73. The zero-order chi connectivity index (χ0) is 14.7. The standard InChI is InChI=1S/C14H23N5O/c1-5-12-16-13(15-4)10(2)14(17-12)19-8-6-18(7-9-19)11(3)20/h5-9H2,1-4H3,(H,15,16,17). The van der Waals surface area contributed by atoms with Crippen LogP contribution in [0.3, 0.4) is 0 Å². The first kappa shape index (κ1) is 14.6. The molecule has 0 radical (unpaired) electrons. The number of nitrogens with zero attached hydrogens (tertiary/aromatic N) is 4. The van der Waals surface area contributed by atoms with Gasteiger partial charge in [-0.3, -0.25) is 4.79 Å². The van der Waals surface area contributed by atoms with Crippen molar-refractivity contribution in [1.82, 2.24) is 14.9 Å². The summed E-state index contributed by atoms with van der Waals surface area (Å²) in [5.41, 5.74) is 1.07. The Kier molecular flexibility index (Phi) is 4.42. The molecule has 2 rings (SSSR count). The molecule has 0 aliphatic carbocycles. The summed E-state index contributed by atoms with van der Waals surface area (Å²) in [5.74, 6) is 2.88. The van der Waals surface area contributed by atoms with E-state index in [0.717, 1.165) is 55.6 Å². The molecule has 0 atom stereocenters. The summed E-state index contributed by atoms with van der Waals surface area (Å²) in [6, 6.07) is 0. The summed E-state index contributed by atoms with van der Waals surface area (Å²) < 4.78 is 0. The van der Waals surface area contributed by atoms with Gasteiger partial charge in [-0.2, -0.15) is 0 Å². The summed E-state index contributed by atoms with van der Waals surface area (Å²) in [6.07, 6.45) is 0.815. The van der Waals surface area contributed by atoms with E-state index in [0.29, 0.717) is 0 Å². The van der Waals surface area contributed by atoms with Crippen LogP contribution in [0.5, 0.6) is 0 Å². The number of rotatable bonds is 3. The Morgan fingerprint density at radius 1 is 1.25 bits per heavy atom. The third-order valence-electron chi connectivity index (χ3n) is 3.74. The predicted molar refractivity (Wildman–Crippen MR) is 80.2 cm³/mol. The molecule has 1 N–H and O–H groups in total. The van der Waals surface area contributed by atoms with Crippen molar-refractivity contribution in [3.63, 3.8) is 0 Å². The van der Waals surface area contributed by atoms with Crippen molar-refractivity contribution in [2.45, 2.75) is 27.2 Å². The van der Waals surface area contributed by atoms with E-state index >= 15 is 0 Å². The lowest BCUT2D eigenvalue weighted by molar-refractivity contribution is -0.129. The maximum Gasteiger partial charge on any atom is 0.219 e. The monoisotopic (exact) mass is 277 g/mol. The van der Waals surface area contributed by atoms with Gasteiger partial charge < -0.3 is 15.1 Å². The lowest BCUT2D eigenvalue weighted by atomic mass is 10.2. The molecule has 0 saturated carbocycles. The minimum atomic E-state index is 0.147. The second-order valence-electron chi connectivity index (χ2n) is 5.03. The number of carbonyl (C=O) groups is 1. The largest absolute Gasteiger partial charge is 0.373 e. The number of anilines is 2. The van der Waals surface area contributed by atoms with Crippen molar-refractivity contribution < 1.29 is 4.79 Å². The molecule has 1 saturated heterocycles. The van der Waals surface area contributed by atoms with Gasteiger partial charge in [0.2, 0.25) is 5.91 Å². The van der Waals surface area contributed by atoms with Crippen LogP contribution in [-0.4, -0.2) is 54.0 Å². The van der Waals surface area contributed by atoms with Gasteiger partial charge in [-0.15, -0.1) is 0 Å². The first-order chi connectivity index (χ1) is 9.56. The average molecular weight is 277 g/mol. The van der Waals surface area contributed by atoms with E-state index < -0.39 is 0 Å². The Balaban J connectivity index is 2.23. The van der Waals surface area contributed by atoms with Crippen LogP contribution >= 0.6 is 0 Å². The number of aromatic nitrogens is 2. The molecule has 1 aromatic heterocycles. The molecule has 6 nitrogen and oxygen atoms in total. The van der Waals surface area contributed by atoms with Gasteiger partial charge in [-0.25, -0.2) is 9.97 Å². The van der Waals surface area contributed by atoms with E-state index in [1.165, 1.54) is 0 Å². The molecule has 0 spiro atoms. The van der Waals surface area contributed by atoms with E-state index in [4.69, 9.17) is 0 Å². The molecule has 20 heavy (non-hydrogen) atoms. The molecule has 6 heteroatoms. The predicted octanol–water partition coefficient (Wildman–Crippen LogP) is 1.06. The number of nitrogens with one attached hydrogen (secondary N) is 1. The van der Waals surface area contributed by atoms with Crippen LogP contribution in [0.1, 0.15) is 25.2 Å². The quantitative estimate of drug-likeness (QED) is 0.895. The third kappa shape index (κ3) is 2.84. The summed E-state index contributed by atoms with van der Waals surface area (Å²) in [4.78, 5) is 24.7. The molecule has 1 amide bonds. The average Bonchev–Trinajstić information content (AvgIpc) is 2.47. The molecule has 0 bridgehead atoms. The molecular formula is C14H23N5O. The molecular weight excluding hydrogens is 254 g/mol. The van der Waals surface area contributed by atoms with Crippen LogP contribution in [0.15, 0.2) is 0 Å². The molecule has 0 unspecified atom stereocenters. The van der Waals surface area contributed by atoms with Gasteiger partial charge in [0.25, 0.3) is 0 Å². The highest BCUT2D eigenvalue weighted by Crippen LogP contribution is 2.24. The fraction of sp³-hybridized carbons (Fsp3) is 0.643. The molecule has 1 aliphatic heterocycles. The highest BCUT2D eigenvalue weighted by atomic mass is 16.2. The van der Waals surface area contributed by atoms with Gasteiger partial charge in [0, 0.05) is 52.1 Å². The molecule has 1 fully saturated rings. The second-order valence-corrected chi connectivity index (χ2v) is 5.03. The number of carbonyl (C=O) groups excluding carboxylic acids is 1. The van der Waals surface area contributed by atoms with Crippen LogP contribution < -0.4 is 10.2 Å². The summed E-state index contributed by atoms with van der Waals surface area (Å²) in [7, 11) is 1.88. The van der Waals surface area contributed by atoms with Gasteiger partial charge in [-0.05, 0) is 6.92 Å². The van der Waals surface area contributed by atoms with Crippen LogP contribution in [-0.2, 0) is 11.2 Å². The Hall–Kier alpha value is -1.85. The number of piperazine rings is 1. The minimum absolute atomic E-state index is 0.147. The summed E-state index contributed by atoms with van der Waals surface area (Å²) in [5, 5.41) is 3.13. The molecule has 1 aromatic rings. The zero-order valence-corrected chi connectivity index (χ0v) is 12.7. The second kappa shape index (κ2) is 6.07. The van der Waals surface area contributed by atoms with Crippen molar-refractivity contribution >= 4 is 17.5 Å². The van der Waals surface area contributed by atoms with Crippen molar-refractivity contribution in [2.75, 3.05) is 43.4 Å². The van der Waals surface area contributed by atoms with Crippen LogP contribution in [0.25, 0.3) is 0 Å². The first-order valence-corrected chi connectivity index (χ1v) is 7.12. The Labute approximate surface area is 120 Å². The smallest absolute Gasteiger partial charge is 0.219 e. The molecule has 1 aliphatic rings. The van der Waals surface area contributed by atoms with Gasteiger partial charge in [0.1, 0.15) is 17.5 Å². The topological polar surface area (TPSA) is 61.4 Å². The van der Waals surface area contributed by atoms with Crippen molar-refractivity contribution in [3.8, 4) is 0 Å². The normalized spacial score (nSPS) is 15.4. The number of aryl methyl sites for hydroxylation is 1. The maximum absolute atomic E-state index is 11.4. The first-order valence-electron chi connectivity index (χ1n) is 7.12. The van der Waals surface area contributed by atoms with Crippen LogP contribution in [0.4, 0.5) is 11.6 Å². The maximum atomic E-state index is 11.4. The SMILES string of the molecule is CCc1nc(NC)c(C)c(N2CCN(C(C)=O)CC2)n1. The molecule has 0 aromatic carbocycles. The molecule has 2 heterocycles. The van der Waals surface area contributed by atoms with Gasteiger partial charge >= 0.3 is 0 Å². The molecule has 110 valence electrons. The van der Waals surface area contributed by atoms with Gasteiger partial charge in [0.15, 0.2) is 0 Å². The van der Waals surface area contributed by atoms with Crippen molar-refractivity contribution in [2.24, 2.45) is 0 Å². The van der Waals surface area contributed by atoms with Crippen LogP contribution in [0, 0.1) is 6.92 Å². The lowest BCUT2D eigenvalue weighted by Crippen LogP contribution is -2.48. The van der Waals surface area contributed by atoms with Crippen molar-refractivity contribution in [3.05, 3.63) is 11.4 Å². The fourth-order valence-electron chi connectivity index (χ4n) is 2.49. The highest BCUT2D eigenvalue weighted by Gasteiger charge is 2.22. The van der Waals surface area contributed by atoms with Crippen molar-refractivity contribution in [1.29, 1.82) is 0 Å². The van der Waals surface area contributed by atoms with E-state index in [1.54, 1.807) is 6.92 Å². The Morgan fingerprint density at radius 2 is 1.90 bits per heavy atom. The fourth-order valence-corrected chi connectivity index (χ4v) is 2.49. The van der Waals surface area contributed by atoms with E-state index in [9.17, 15) is 4.79 Å². The summed E-state index contributed by atoms with van der Waals surface area (Å²) >= 11 is 0.